The van der Waals surface area contributed by atoms with Gasteiger partial charge in [0.1, 0.15) is 5.82 Å². The summed E-state index contributed by atoms with van der Waals surface area (Å²) in [5.41, 5.74) is 0. The van der Waals surface area contributed by atoms with Gasteiger partial charge in [0.25, 0.3) is 0 Å². The largest absolute Gasteiger partial charge is 0.481 e. The summed E-state index contributed by atoms with van der Waals surface area (Å²) in [7, 11) is 0. The van der Waals surface area contributed by atoms with Crippen molar-refractivity contribution in [2.75, 3.05) is 13.1 Å². The number of carbonyl (C=O) groups excluding carboxylic acids is 1. The van der Waals surface area contributed by atoms with E-state index in [1.807, 2.05) is 10.8 Å². The van der Waals surface area contributed by atoms with Crippen molar-refractivity contribution in [1.82, 2.24) is 19.8 Å². The fourth-order valence-corrected chi connectivity index (χ4v) is 1.98. The van der Waals surface area contributed by atoms with Gasteiger partial charge in [-0.15, -0.1) is 0 Å². The lowest BCUT2D eigenvalue weighted by Gasteiger charge is -2.27. The summed E-state index contributed by atoms with van der Waals surface area (Å²) in [4.78, 5) is 28.4. The number of carboxylic acids is 1. The predicted octanol–water partition coefficient (Wildman–Crippen LogP) is 0.519. The first-order chi connectivity index (χ1) is 9.08. The highest BCUT2D eigenvalue weighted by Gasteiger charge is 2.21. The molecule has 2 N–H and O–H groups in total. The SMILES string of the molecule is CC(CCNC(=O)N1CCn2ccnc2C1)C(=O)O. The molecule has 0 aromatic carbocycles. The molecule has 7 nitrogen and oxygen atoms in total. The molecule has 0 spiro atoms. The second-order valence-electron chi connectivity index (χ2n) is 4.72. The van der Waals surface area contributed by atoms with E-state index in [-0.39, 0.29) is 6.03 Å². The van der Waals surface area contributed by atoms with Crippen LogP contribution in [-0.2, 0) is 17.9 Å². The van der Waals surface area contributed by atoms with E-state index in [2.05, 4.69) is 10.3 Å². The number of carbonyl (C=O) groups is 2. The summed E-state index contributed by atoms with van der Waals surface area (Å²) in [5, 5.41) is 11.5. The molecule has 0 saturated heterocycles. The van der Waals surface area contributed by atoms with Crippen molar-refractivity contribution >= 4 is 12.0 Å². The predicted molar refractivity (Wildman–Crippen MR) is 67.5 cm³/mol. The number of hydrogen-bond acceptors (Lipinski definition) is 3. The second-order valence-corrected chi connectivity index (χ2v) is 4.72. The number of imidazole rings is 1. The van der Waals surface area contributed by atoms with E-state index < -0.39 is 11.9 Å². The van der Waals surface area contributed by atoms with Crippen LogP contribution in [-0.4, -0.2) is 44.6 Å². The number of nitrogens with one attached hydrogen (secondary N) is 1. The maximum absolute atomic E-state index is 11.9. The molecule has 104 valence electrons. The van der Waals surface area contributed by atoms with Crippen molar-refractivity contribution in [3.63, 3.8) is 0 Å². The second kappa shape index (κ2) is 5.73. The molecule has 0 saturated carbocycles. The standard InChI is InChI=1S/C12H18N4O3/c1-9(11(17)18)2-3-14-12(19)16-7-6-15-5-4-13-10(15)8-16/h4-5,9H,2-3,6-8H2,1H3,(H,14,19)(H,17,18). The minimum Gasteiger partial charge on any atom is -0.481 e. The van der Waals surface area contributed by atoms with Gasteiger partial charge in [0.2, 0.25) is 0 Å². The molecule has 1 atom stereocenters. The molecule has 2 rings (SSSR count). The van der Waals surface area contributed by atoms with E-state index in [9.17, 15) is 9.59 Å². The molecule has 7 heteroatoms. The molecule has 19 heavy (non-hydrogen) atoms. The Morgan fingerprint density at radius 2 is 2.32 bits per heavy atom. The molecule has 1 aromatic heterocycles. The van der Waals surface area contributed by atoms with Crippen LogP contribution in [0.1, 0.15) is 19.2 Å². The Morgan fingerprint density at radius 1 is 1.53 bits per heavy atom. The minimum atomic E-state index is -0.839. The Kier molecular flexibility index (Phi) is 4.03. The highest BCUT2D eigenvalue weighted by molar-refractivity contribution is 5.74. The normalized spacial score (nSPS) is 15.7. The molecule has 1 aliphatic rings. The molecule has 2 heterocycles. The van der Waals surface area contributed by atoms with Crippen LogP contribution in [0.5, 0.6) is 0 Å². The van der Waals surface area contributed by atoms with E-state index >= 15 is 0 Å². The monoisotopic (exact) mass is 266 g/mol. The summed E-state index contributed by atoms with van der Waals surface area (Å²) < 4.78 is 2.02. The Labute approximate surface area is 111 Å². The minimum absolute atomic E-state index is 0.160. The number of aliphatic carboxylic acids is 1. The van der Waals surface area contributed by atoms with Gasteiger partial charge in [-0.25, -0.2) is 9.78 Å². The molecular weight excluding hydrogens is 248 g/mol. The van der Waals surface area contributed by atoms with E-state index in [0.717, 1.165) is 12.4 Å². The third-order valence-electron chi connectivity index (χ3n) is 3.31. The topological polar surface area (TPSA) is 87.5 Å². The fraction of sp³-hybridized carbons (Fsp3) is 0.583. The lowest BCUT2D eigenvalue weighted by Crippen LogP contribution is -2.44. The first-order valence-electron chi connectivity index (χ1n) is 6.33. The van der Waals surface area contributed by atoms with Crippen LogP contribution in [0.4, 0.5) is 4.79 Å². The number of fused-ring (bicyclic) bond motifs is 1. The first-order valence-corrected chi connectivity index (χ1v) is 6.33. The average molecular weight is 266 g/mol. The zero-order valence-corrected chi connectivity index (χ0v) is 10.9. The number of nitrogens with zero attached hydrogens (tertiary/aromatic N) is 3. The highest BCUT2D eigenvalue weighted by Crippen LogP contribution is 2.10. The zero-order valence-electron chi connectivity index (χ0n) is 10.9. The van der Waals surface area contributed by atoms with Crippen molar-refractivity contribution < 1.29 is 14.7 Å². The van der Waals surface area contributed by atoms with Crippen molar-refractivity contribution in [2.24, 2.45) is 5.92 Å². The number of hydrogen-bond donors (Lipinski definition) is 2. The Bertz CT molecular complexity index is 471. The van der Waals surface area contributed by atoms with Crippen LogP contribution >= 0.6 is 0 Å². The van der Waals surface area contributed by atoms with Gasteiger partial charge in [0.15, 0.2) is 0 Å². The average Bonchev–Trinajstić information content (AvgIpc) is 2.85. The molecule has 1 aromatic rings. The maximum Gasteiger partial charge on any atom is 0.317 e. The smallest absolute Gasteiger partial charge is 0.317 e. The quantitative estimate of drug-likeness (QED) is 0.831. The van der Waals surface area contributed by atoms with Gasteiger partial charge in [-0.3, -0.25) is 4.79 Å². The molecule has 2 amide bonds. The number of urea groups is 1. The highest BCUT2D eigenvalue weighted by atomic mass is 16.4. The Balaban J connectivity index is 1.77. The number of aromatic nitrogens is 2. The van der Waals surface area contributed by atoms with E-state index in [4.69, 9.17) is 5.11 Å². The van der Waals surface area contributed by atoms with Crippen molar-refractivity contribution in [3.05, 3.63) is 18.2 Å². The number of carboxylic acid groups (broad SMARTS) is 1. The molecule has 1 aliphatic heterocycles. The van der Waals surface area contributed by atoms with Gasteiger partial charge in [-0.05, 0) is 6.42 Å². The lowest BCUT2D eigenvalue weighted by atomic mass is 10.1. The van der Waals surface area contributed by atoms with Gasteiger partial charge in [0, 0.05) is 32.0 Å². The van der Waals surface area contributed by atoms with Crippen LogP contribution in [0.25, 0.3) is 0 Å². The van der Waals surface area contributed by atoms with Gasteiger partial charge in [-0.2, -0.15) is 0 Å². The van der Waals surface area contributed by atoms with Crippen molar-refractivity contribution in [2.45, 2.75) is 26.4 Å². The summed E-state index contributed by atoms with van der Waals surface area (Å²) in [6.45, 7) is 3.88. The summed E-state index contributed by atoms with van der Waals surface area (Å²) >= 11 is 0. The van der Waals surface area contributed by atoms with E-state index in [1.165, 1.54) is 0 Å². The summed E-state index contributed by atoms with van der Waals surface area (Å²) in [6, 6.07) is -0.160. The van der Waals surface area contributed by atoms with Crippen LogP contribution in [0, 0.1) is 5.92 Å². The molecule has 0 radical (unpaired) electrons. The van der Waals surface area contributed by atoms with Gasteiger partial charge >= 0.3 is 12.0 Å². The van der Waals surface area contributed by atoms with Gasteiger partial charge in [0.05, 0.1) is 12.5 Å². The third kappa shape index (κ3) is 3.24. The van der Waals surface area contributed by atoms with Crippen LogP contribution < -0.4 is 5.32 Å². The Hall–Kier alpha value is -2.05. The van der Waals surface area contributed by atoms with E-state index in [1.54, 1.807) is 18.0 Å². The molecular formula is C12H18N4O3. The number of rotatable bonds is 4. The summed E-state index contributed by atoms with van der Waals surface area (Å²) in [5.74, 6) is -0.407. The Morgan fingerprint density at radius 3 is 3.05 bits per heavy atom. The van der Waals surface area contributed by atoms with Crippen LogP contribution in [0.2, 0.25) is 0 Å². The van der Waals surface area contributed by atoms with E-state index in [0.29, 0.717) is 26.1 Å². The third-order valence-corrected chi connectivity index (χ3v) is 3.31. The maximum atomic E-state index is 11.9. The zero-order chi connectivity index (χ0) is 13.8. The van der Waals surface area contributed by atoms with Crippen LogP contribution in [0.15, 0.2) is 12.4 Å². The number of amides is 2. The fourth-order valence-electron chi connectivity index (χ4n) is 1.98. The summed E-state index contributed by atoms with van der Waals surface area (Å²) in [6.07, 6.45) is 4.06. The molecule has 0 bridgehead atoms. The first kappa shape index (κ1) is 13.4. The molecule has 0 aliphatic carbocycles. The van der Waals surface area contributed by atoms with Crippen molar-refractivity contribution in [1.29, 1.82) is 0 Å². The lowest BCUT2D eigenvalue weighted by molar-refractivity contribution is -0.141. The van der Waals surface area contributed by atoms with Gasteiger partial charge < -0.3 is 19.9 Å². The molecule has 1 unspecified atom stereocenters. The van der Waals surface area contributed by atoms with Crippen molar-refractivity contribution in [3.8, 4) is 0 Å². The molecule has 0 fully saturated rings. The van der Waals surface area contributed by atoms with Gasteiger partial charge in [-0.1, -0.05) is 6.92 Å². The van der Waals surface area contributed by atoms with Crippen LogP contribution in [0.3, 0.4) is 0 Å².